The summed E-state index contributed by atoms with van der Waals surface area (Å²) in [5.74, 6) is 0.928. The van der Waals surface area contributed by atoms with E-state index in [1.165, 1.54) is 36.0 Å². The van der Waals surface area contributed by atoms with Gasteiger partial charge in [0.15, 0.2) is 11.5 Å². The van der Waals surface area contributed by atoms with Crippen LogP contribution in [-0.4, -0.2) is 24.3 Å². The molecule has 0 saturated heterocycles. The van der Waals surface area contributed by atoms with Crippen LogP contribution >= 0.6 is 0 Å². The molecule has 0 heterocycles. The first-order valence-electron chi connectivity index (χ1n) is 9.04. The lowest BCUT2D eigenvalue weighted by atomic mass is 10.2. The number of hydrazone groups is 1. The predicted octanol–water partition coefficient (Wildman–Crippen LogP) is 4.05. The van der Waals surface area contributed by atoms with Gasteiger partial charge in [0.05, 0.1) is 13.3 Å². The molecule has 0 aliphatic carbocycles. The van der Waals surface area contributed by atoms with Crippen molar-refractivity contribution in [2.45, 2.75) is 13.5 Å². The van der Waals surface area contributed by atoms with Crippen LogP contribution in [0.25, 0.3) is 0 Å². The lowest BCUT2D eigenvalue weighted by Crippen LogP contribution is -2.17. The van der Waals surface area contributed by atoms with Gasteiger partial charge in [-0.1, -0.05) is 29.8 Å². The number of aromatic hydroxyl groups is 1. The number of aryl methyl sites for hydroxylation is 1. The number of hydrogen-bond donors (Lipinski definition) is 2. The van der Waals surface area contributed by atoms with Gasteiger partial charge in [-0.25, -0.2) is 5.43 Å². The molecule has 0 fully saturated rings. The van der Waals surface area contributed by atoms with Crippen molar-refractivity contribution in [1.82, 2.24) is 5.43 Å². The predicted molar refractivity (Wildman–Crippen MR) is 112 cm³/mol. The lowest BCUT2D eigenvalue weighted by Gasteiger charge is -2.11. The first-order chi connectivity index (χ1) is 14.0. The molecule has 0 bridgehead atoms. The SMILES string of the molecule is COc1cc(/C=N/NC(=O)c2ccc(O)cc2)ccc1OCc1ccc(C)cc1. The summed E-state index contributed by atoms with van der Waals surface area (Å²) in [6, 6.07) is 19.5. The van der Waals surface area contributed by atoms with Crippen LogP contribution in [0.3, 0.4) is 0 Å². The highest BCUT2D eigenvalue weighted by atomic mass is 16.5. The van der Waals surface area contributed by atoms with Gasteiger partial charge in [0.25, 0.3) is 5.91 Å². The number of benzene rings is 3. The standard InChI is InChI=1S/C23H22N2O4/c1-16-3-5-17(6-4-16)15-29-21-12-7-18(13-22(21)28-2)14-24-25-23(27)19-8-10-20(26)11-9-19/h3-14,26H,15H2,1-2H3,(H,25,27)/b24-14+. The van der Waals surface area contributed by atoms with E-state index in [1.54, 1.807) is 19.2 Å². The van der Waals surface area contributed by atoms with Crippen molar-refractivity contribution in [3.8, 4) is 17.2 Å². The third-order valence-electron chi connectivity index (χ3n) is 4.21. The van der Waals surface area contributed by atoms with Gasteiger partial charge in [-0.2, -0.15) is 5.10 Å². The molecule has 0 aliphatic rings. The Hall–Kier alpha value is -3.80. The average molecular weight is 390 g/mol. The first-order valence-corrected chi connectivity index (χ1v) is 9.04. The fourth-order valence-electron chi connectivity index (χ4n) is 2.57. The summed E-state index contributed by atoms with van der Waals surface area (Å²) in [5, 5.41) is 13.2. The highest BCUT2D eigenvalue weighted by Gasteiger charge is 2.07. The van der Waals surface area contributed by atoms with Crippen LogP contribution in [0, 0.1) is 6.92 Å². The molecule has 6 heteroatoms. The Morgan fingerprint density at radius 1 is 1.03 bits per heavy atom. The number of carbonyl (C=O) groups excluding carboxylic acids is 1. The second kappa shape index (κ2) is 9.41. The van der Waals surface area contributed by atoms with Crippen LogP contribution in [-0.2, 0) is 6.61 Å². The molecule has 3 rings (SSSR count). The minimum absolute atomic E-state index is 0.0989. The topological polar surface area (TPSA) is 80.2 Å². The number of carbonyl (C=O) groups is 1. The molecule has 0 atom stereocenters. The largest absolute Gasteiger partial charge is 0.508 e. The highest BCUT2D eigenvalue weighted by molar-refractivity contribution is 5.95. The Balaban J connectivity index is 1.61. The summed E-state index contributed by atoms with van der Waals surface area (Å²) < 4.78 is 11.3. The number of ether oxygens (including phenoxy) is 2. The summed E-state index contributed by atoms with van der Waals surface area (Å²) in [6.45, 7) is 2.48. The smallest absolute Gasteiger partial charge is 0.271 e. The number of phenols is 1. The van der Waals surface area contributed by atoms with E-state index in [0.29, 0.717) is 23.7 Å². The van der Waals surface area contributed by atoms with Crippen LogP contribution in [0.5, 0.6) is 17.2 Å². The third-order valence-corrected chi connectivity index (χ3v) is 4.21. The maximum atomic E-state index is 12.0. The van der Waals surface area contributed by atoms with Gasteiger partial charge in [0.1, 0.15) is 12.4 Å². The molecule has 1 amide bonds. The molecular weight excluding hydrogens is 368 g/mol. The van der Waals surface area contributed by atoms with E-state index in [0.717, 1.165) is 11.1 Å². The maximum absolute atomic E-state index is 12.0. The van der Waals surface area contributed by atoms with E-state index in [4.69, 9.17) is 9.47 Å². The number of hydrogen-bond acceptors (Lipinski definition) is 5. The Bertz CT molecular complexity index is 996. The number of nitrogens with one attached hydrogen (secondary N) is 1. The van der Waals surface area contributed by atoms with E-state index in [-0.39, 0.29) is 11.7 Å². The van der Waals surface area contributed by atoms with Crippen LogP contribution in [0.1, 0.15) is 27.0 Å². The van der Waals surface area contributed by atoms with Crippen molar-refractivity contribution >= 4 is 12.1 Å². The van der Waals surface area contributed by atoms with E-state index < -0.39 is 0 Å². The summed E-state index contributed by atoms with van der Waals surface area (Å²) >= 11 is 0. The normalized spacial score (nSPS) is 10.7. The molecule has 3 aromatic carbocycles. The molecule has 0 saturated carbocycles. The molecular formula is C23H22N2O4. The quantitative estimate of drug-likeness (QED) is 0.471. The van der Waals surface area contributed by atoms with Crippen LogP contribution < -0.4 is 14.9 Å². The average Bonchev–Trinajstić information content (AvgIpc) is 2.74. The second-order valence-electron chi connectivity index (χ2n) is 6.43. The Kier molecular flexibility index (Phi) is 6.47. The summed E-state index contributed by atoms with van der Waals surface area (Å²) in [5.41, 5.74) is 5.86. The molecule has 0 aromatic heterocycles. The Morgan fingerprint density at radius 3 is 2.45 bits per heavy atom. The number of amides is 1. The molecule has 0 aliphatic heterocycles. The minimum atomic E-state index is -0.369. The van der Waals surface area contributed by atoms with E-state index in [9.17, 15) is 9.90 Å². The van der Waals surface area contributed by atoms with Gasteiger partial charge in [-0.15, -0.1) is 0 Å². The zero-order valence-electron chi connectivity index (χ0n) is 16.3. The van der Waals surface area contributed by atoms with E-state index >= 15 is 0 Å². The molecule has 29 heavy (non-hydrogen) atoms. The first kappa shape index (κ1) is 19.9. The van der Waals surface area contributed by atoms with E-state index in [1.807, 2.05) is 37.3 Å². The van der Waals surface area contributed by atoms with Crippen molar-refractivity contribution in [1.29, 1.82) is 0 Å². The monoisotopic (exact) mass is 390 g/mol. The summed E-state index contributed by atoms with van der Waals surface area (Å²) in [7, 11) is 1.57. The molecule has 0 radical (unpaired) electrons. The zero-order valence-corrected chi connectivity index (χ0v) is 16.3. The minimum Gasteiger partial charge on any atom is -0.508 e. The second-order valence-corrected chi connectivity index (χ2v) is 6.43. The number of rotatable bonds is 7. The van der Waals surface area contributed by atoms with Crippen molar-refractivity contribution in [2.75, 3.05) is 7.11 Å². The molecule has 0 unspecified atom stereocenters. The van der Waals surface area contributed by atoms with E-state index in [2.05, 4.69) is 10.5 Å². The zero-order chi connectivity index (χ0) is 20.6. The van der Waals surface area contributed by atoms with Crippen LogP contribution in [0.4, 0.5) is 0 Å². The highest BCUT2D eigenvalue weighted by Crippen LogP contribution is 2.28. The van der Waals surface area contributed by atoms with Crippen molar-refractivity contribution in [3.05, 3.63) is 89.0 Å². The van der Waals surface area contributed by atoms with Gasteiger partial charge < -0.3 is 14.6 Å². The van der Waals surface area contributed by atoms with Crippen molar-refractivity contribution in [2.24, 2.45) is 5.10 Å². The van der Waals surface area contributed by atoms with Crippen molar-refractivity contribution in [3.63, 3.8) is 0 Å². The number of methoxy groups -OCH3 is 1. The number of nitrogens with zero attached hydrogens (tertiary/aromatic N) is 1. The van der Waals surface area contributed by atoms with Crippen LogP contribution in [0.15, 0.2) is 71.8 Å². The van der Waals surface area contributed by atoms with Gasteiger partial charge in [0.2, 0.25) is 0 Å². The van der Waals surface area contributed by atoms with Gasteiger partial charge in [-0.3, -0.25) is 4.79 Å². The molecule has 2 N–H and O–H groups in total. The van der Waals surface area contributed by atoms with Gasteiger partial charge >= 0.3 is 0 Å². The fourth-order valence-corrected chi connectivity index (χ4v) is 2.57. The molecule has 0 spiro atoms. The summed E-state index contributed by atoms with van der Waals surface area (Å²) in [6.07, 6.45) is 1.52. The fraction of sp³-hybridized carbons (Fsp3) is 0.130. The molecule has 6 nitrogen and oxygen atoms in total. The Morgan fingerprint density at radius 2 is 1.76 bits per heavy atom. The van der Waals surface area contributed by atoms with Gasteiger partial charge in [0, 0.05) is 5.56 Å². The molecule has 3 aromatic rings. The summed E-state index contributed by atoms with van der Waals surface area (Å²) in [4.78, 5) is 12.0. The third kappa shape index (κ3) is 5.59. The van der Waals surface area contributed by atoms with Crippen LogP contribution in [0.2, 0.25) is 0 Å². The number of phenolic OH excluding ortho intramolecular Hbond substituents is 1. The lowest BCUT2D eigenvalue weighted by molar-refractivity contribution is 0.0955. The Labute approximate surface area is 169 Å². The molecule has 148 valence electrons. The maximum Gasteiger partial charge on any atom is 0.271 e. The van der Waals surface area contributed by atoms with Gasteiger partial charge in [-0.05, 0) is 60.5 Å². The van der Waals surface area contributed by atoms with Crippen molar-refractivity contribution < 1.29 is 19.4 Å².